The molecular weight excluding hydrogens is 230 g/mol. The molecule has 2 aromatic rings. The van der Waals surface area contributed by atoms with Crippen molar-refractivity contribution in [2.45, 2.75) is 57.3 Å². The third kappa shape index (κ3) is 2.51. The Balaban J connectivity index is 1.78. The first-order valence-electron chi connectivity index (χ1n) is 6.72. The van der Waals surface area contributed by atoms with Crippen LogP contribution in [-0.2, 0) is 0 Å². The van der Waals surface area contributed by atoms with Crippen molar-refractivity contribution >= 4 is 16.3 Å². The first-order chi connectivity index (χ1) is 8.43. The fraction of sp³-hybridized carbons (Fsp3) is 0.692. The van der Waals surface area contributed by atoms with Crippen molar-refractivity contribution in [3.05, 3.63) is 17.4 Å². The Labute approximate surface area is 106 Å². The van der Waals surface area contributed by atoms with E-state index in [-0.39, 0.29) is 0 Å². The third-order valence-corrected chi connectivity index (χ3v) is 4.91. The molecule has 1 aliphatic rings. The van der Waals surface area contributed by atoms with Crippen molar-refractivity contribution in [3.8, 4) is 0 Å². The van der Waals surface area contributed by atoms with E-state index in [2.05, 4.69) is 16.3 Å². The van der Waals surface area contributed by atoms with E-state index in [9.17, 15) is 0 Å². The predicted molar refractivity (Wildman–Crippen MR) is 70.5 cm³/mol. The van der Waals surface area contributed by atoms with Gasteiger partial charge in [0.1, 0.15) is 6.33 Å². The number of fused-ring (bicyclic) bond motifs is 1. The van der Waals surface area contributed by atoms with Gasteiger partial charge < -0.3 is 0 Å². The van der Waals surface area contributed by atoms with Crippen LogP contribution in [-0.4, -0.2) is 14.6 Å². The van der Waals surface area contributed by atoms with Crippen LogP contribution in [0.2, 0.25) is 0 Å². The highest BCUT2D eigenvalue weighted by Crippen LogP contribution is 2.33. The van der Waals surface area contributed by atoms with Gasteiger partial charge in [-0.05, 0) is 18.8 Å². The van der Waals surface area contributed by atoms with Gasteiger partial charge in [0.2, 0.25) is 4.96 Å². The standard InChI is InChI=1S/C13H19N3S/c1-2-4-6-8-11(7-5-3-1)12-9-16-13(17-12)14-10-15-16/h9-11H,1-8H2. The zero-order valence-corrected chi connectivity index (χ0v) is 11.0. The Kier molecular flexibility index (Phi) is 3.41. The molecule has 0 radical (unpaired) electrons. The normalized spacial score (nSPS) is 20.0. The summed E-state index contributed by atoms with van der Waals surface area (Å²) in [5.74, 6) is 0.751. The molecule has 92 valence electrons. The van der Waals surface area contributed by atoms with Crippen molar-refractivity contribution in [2.24, 2.45) is 0 Å². The summed E-state index contributed by atoms with van der Waals surface area (Å²) in [7, 11) is 0. The minimum atomic E-state index is 0.751. The second-order valence-corrected chi connectivity index (χ2v) is 6.06. The third-order valence-electron chi connectivity index (χ3n) is 3.76. The summed E-state index contributed by atoms with van der Waals surface area (Å²) in [6, 6.07) is 0. The van der Waals surface area contributed by atoms with Crippen molar-refractivity contribution < 1.29 is 0 Å². The molecule has 0 saturated heterocycles. The lowest BCUT2D eigenvalue weighted by molar-refractivity contribution is 0.545. The Morgan fingerprint density at radius 3 is 2.47 bits per heavy atom. The number of rotatable bonds is 1. The second-order valence-electron chi connectivity index (χ2n) is 5.02. The van der Waals surface area contributed by atoms with Crippen LogP contribution in [0.5, 0.6) is 0 Å². The average molecular weight is 249 g/mol. The quantitative estimate of drug-likeness (QED) is 0.764. The number of aromatic nitrogens is 3. The molecule has 0 aliphatic heterocycles. The lowest BCUT2D eigenvalue weighted by Gasteiger charge is -2.12. The van der Waals surface area contributed by atoms with Gasteiger partial charge in [-0.25, -0.2) is 9.50 Å². The molecule has 0 aromatic carbocycles. The summed E-state index contributed by atoms with van der Waals surface area (Å²) >= 11 is 1.82. The molecule has 0 amide bonds. The molecular formula is C13H19N3S. The molecule has 0 atom stereocenters. The Hall–Kier alpha value is -0.900. The van der Waals surface area contributed by atoms with E-state index in [1.165, 1.54) is 56.2 Å². The van der Waals surface area contributed by atoms with Crippen LogP contribution in [0, 0.1) is 0 Å². The topological polar surface area (TPSA) is 30.2 Å². The Morgan fingerprint density at radius 2 is 1.76 bits per heavy atom. The lowest BCUT2D eigenvalue weighted by Crippen LogP contribution is -1.96. The number of hydrogen-bond acceptors (Lipinski definition) is 3. The molecule has 4 heteroatoms. The summed E-state index contributed by atoms with van der Waals surface area (Å²) < 4.78 is 1.92. The van der Waals surface area contributed by atoms with Crippen LogP contribution in [0.25, 0.3) is 4.96 Å². The van der Waals surface area contributed by atoms with Gasteiger partial charge in [0, 0.05) is 11.1 Å². The maximum absolute atomic E-state index is 4.27. The Bertz CT molecular complexity index is 435. The van der Waals surface area contributed by atoms with E-state index in [4.69, 9.17) is 0 Å². The molecule has 1 saturated carbocycles. The molecule has 2 heterocycles. The van der Waals surface area contributed by atoms with Gasteiger partial charge in [-0.2, -0.15) is 5.10 Å². The maximum Gasteiger partial charge on any atom is 0.212 e. The van der Waals surface area contributed by atoms with Gasteiger partial charge in [0.25, 0.3) is 0 Å². The van der Waals surface area contributed by atoms with E-state index in [1.54, 1.807) is 6.33 Å². The molecule has 0 unspecified atom stereocenters. The largest absolute Gasteiger partial charge is 0.212 e. The summed E-state index contributed by atoms with van der Waals surface area (Å²) in [5, 5.41) is 4.21. The fourth-order valence-electron chi connectivity index (χ4n) is 2.76. The summed E-state index contributed by atoms with van der Waals surface area (Å²) in [6.45, 7) is 0. The molecule has 0 N–H and O–H groups in total. The van der Waals surface area contributed by atoms with Gasteiger partial charge in [-0.1, -0.05) is 49.9 Å². The van der Waals surface area contributed by atoms with Crippen molar-refractivity contribution in [1.29, 1.82) is 0 Å². The Morgan fingerprint density at radius 1 is 1.06 bits per heavy atom. The monoisotopic (exact) mass is 249 g/mol. The van der Waals surface area contributed by atoms with Crippen molar-refractivity contribution in [2.75, 3.05) is 0 Å². The van der Waals surface area contributed by atoms with Gasteiger partial charge in [-0.15, -0.1) is 0 Å². The number of hydrogen-bond donors (Lipinski definition) is 0. The van der Waals surface area contributed by atoms with E-state index >= 15 is 0 Å². The first-order valence-corrected chi connectivity index (χ1v) is 7.54. The van der Waals surface area contributed by atoms with E-state index in [0.717, 1.165) is 10.9 Å². The second kappa shape index (κ2) is 5.17. The van der Waals surface area contributed by atoms with Crippen LogP contribution in [0.15, 0.2) is 12.5 Å². The van der Waals surface area contributed by atoms with E-state index in [0.29, 0.717) is 0 Å². The zero-order valence-electron chi connectivity index (χ0n) is 10.1. The van der Waals surface area contributed by atoms with Crippen LogP contribution >= 0.6 is 11.3 Å². The van der Waals surface area contributed by atoms with E-state index < -0.39 is 0 Å². The molecule has 3 rings (SSSR count). The fourth-order valence-corrected chi connectivity index (χ4v) is 3.82. The smallest absolute Gasteiger partial charge is 0.211 e. The molecule has 2 aromatic heterocycles. The number of nitrogens with zero attached hydrogens (tertiary/aromatic N) is 3. The molecule has 3 nitrogen and oxygen atoms in total. The van der Waals surface area contributed by atoms with Crippen LogP contribution in [0.3, 0.4) is 0 Å². The lowest BCUT2D eigenvalue weighted by atomic mass is 9.96. The van der Waals surface area contributed by atoms with Crippen LogP contribution < -0.4 is 0 Å². The number of thiazole rings is 1. The first kappa shape index (κ1) is 11.2. The highest BCUT2D eigenvalue weighted by molar-refractivity contribution is 7.17. The maximum atomic E-state index is 4.27. The van der Waals surface area contributed by atoms with Crippen LogP contribution in [0.1, 0.15) is 62.2 Å². The minimum Gasteiger partial charge on any atom is -0.211 e. The van der Waals surface area contributed by atoms with Crippen LogP contribution in [0.4, 0.5) is 0 Å². The van der Waals surface area contributed by atoms with Crippen molar-refractivity contribution in [3.63, 3.8) is 0 Å². The highest BCUT2D eigenvalue weighted by atomic mass is 32.1. The van der Waals surface area contributed by atoms with Gasteiger partial charge in [0.05, 0.1) is 0 Å². The van der Waals surface area contributed by atoms with Crippen molar-refractivity contribution in [1.82, 2.24) is 14.6 Å². The average Bonchev–Trinajstić information content (AvgIpc) is 2.92. The summed E-state index contributed by atoms with van der Waals surface area (Å²) in [5.41, 5.74) is 0. The minimum absolute atomic E-state index is 0.751. The molecule has 17 heavy (non-hydrogen) atoms. The summed E-state index contributed by atoms with van der Waals surface area (Å²) in [4.78, 5) is 6.80. The van der Waals surface area contributed by atoms with Gasteiger partial charge >= 0.3 is 0 Å². The van der Waals surface area contributed by atoms with Gasteiger partial charge in [0.15, 0.2) is 0 Å². The molecule has 0 bridgehead atoms. The molecule has 1 fully saturated rings. The highest BCUT2D eigenvalue weighted by Gasteiger charge is 2.16. The predicted octanol–water partition coefficient (Wildman–Crippen LogP) is 4.01. The van der Waals surface area contributed by atoms with Gasteiger partial charge in [-0.3, -0.25) is 0 Å². The van der Waals surface area contributed by atoms with E-state index in [1.807, 2.05) is 15.9 Å². The molecule has 1 aliphatic carbocycles. The molecule has 0 spiro atoms. The SMILES string of the molecule is c1nc2sc(C3CCCCCCCC3)cn2n1. The zero-order chi connectivity index (χ0) is 11.5. The summed E-state index contributed by atoms with van der Waals surface area (Å²) in [6.07, 6.45) is 15.0.